The van der Waals surface area contributed by atoms with Crippen LogP contribution in [-0.2, 0) is 0 Å². The van der Waals surface area contributed by atoms with Crippen molar-refractivity contribution in [3.05, 3.63) is 59.1 Å². The Balaban J connectivity index is 1.50. The van der Waals surface area contributed by atoms with E-state index in [4.69, 9.17) is 11.6 Å². The first-order chi connectivity index (χ1) is 14.1. The van der Waals surface area contributed by atoms with Gasteiger partial charge in [0, 0.05) is 54.7 Å². The van der Waals surface area contributed by atoms with Gasteiger partial charge in [0.1, 0.15) is 0 Å². The molecule has 154 valence electrons. The zero-order valence-electron chi connectivity index (χ0n) is 16.7. The second-order valence-corrected chi connectivity index (χ2v) is 7.50. The molecule has 0 spiro atoms. The molecule has 1 saturated heterocycles. The van der Waals surface area contributed by atoms with E-state index in [1.165, 1.54) is 0 Å². The van der Waals surface area contributed by atoms with Crippen LogP contribution in [0, 0.1) is 0 Å². The molecule has 1 aliphatic heterocycles. The maximum absolute atomic E-state index is 12.3. The Morgan fingerprint density at radius 3 is 2.24 bits per heavy atom. The Morgan fingerprint density at radius 1 is 0.966 bits per heavy atom. The predicted octanol–water partition coefficient (Wildman–Crippen LogP) is 4.22. The van der Waals surface area contributed by atoms with Crippen molar-refractivity contribution in [2.75, 3.05) is 42.9 Å². The van der Waals surface area contributed by atoms with E-state index in [2.05, 4.69) is 22.5 Å². The van der Waals surface area contributed by atoms with Crippen LogP contribution < -0.4 is 15.5 Å². The van der Waals surface area contributed by atoms with Crippen LogP contribution in [0.4, 0.5) is 16.2 Å². The lowest BCUT2D eigenvalue weighted by Crippen LogP contribution is -2.52. The molecule has 0 saturated carbocycles. The molecule has 0 aliphatic carbocycles. The summed E-state index contributed by atoms with van der Waals surface area (Å²) in [5.41, 5.74) is 2.38. The van der Waals surface area contributed by atoms with Gasteiger partial charge < -0.3 is 20.4 Å². The molecule has 0 radical (unpaired) electrons. The zero-order valence-corrected chi connectivity index (χ0v) is 17.4. The molecule has 0 unspecified atom stereocenters. The summed E-state index contributed by atoms with van der Waals surface area (Å²) < 4.78 is 0. The summed E-state index contributed by atoms with van der Waals surface area (Å²) in [5, 5.41) is 6.46. The lowest BCUT2D eigenvalue weighted by molar-refractivity contribution is 0.102. The number of urea groups is 1. The average Bonchev–Trinajstić information content (AvgIpc) is 2.75. The fraction of sp³-hybridized carbons (Fsp3) is 0.364. The van der Waals surface area contributed by atoms with E-state index < -0.39 is 0 Å². The number of piperazine rings is 1. The lowest BCUT2D eigenvalue weighted by atomic mass is 10.2. The first-order valence-corrected chi connectivity index (χ1v) is 10.4. The van der Waals surface area contributed by atoms with Crippen molar-refractivity contribution in [3.8, 4) is 0 Å². The van der Waals surface area contributed by atoms with Crippen molar-refractivity contribution in [3.63, 3.8) is 0 Å². The number of benzene rings is 2. The summed E-state index contributed by atoms with van der Waals surface area (Å²) in [4.78, 5) is 28.6. The molecule has 2 N–H and O–H groups in total. The van der Waals surface area contributed by atoms with Crippen LogP contribution >= 0.6 is 11.6 Å². The van der Waals surface area contributed by atoms with E-state index in [-0.39, 0.29) is 11.9 Å². The van der Waals surface area contributed by atoms with Gasteiger partial charge >= 0.3 is 6.03 Å². The third-order valence-corrected chi connectivity index (χ3v) is 5.22. The molecule has 1 fully saturated rings. The van der Waals surface area contributed by atoms with E-state index in [1.54, 1.807) is 24.3 Å². The van der Waals surface area contributed by atoms with Gasteiger partial charge in [0.05, 0.1) is 0 Å². The lowest BCUT2D eigenvalue weighted by Gasteiger charge is -2.36. The normalized spacial score (nSPS) is 13.9. The van der Waals surface area contributed by atoms with E-state index in [9.17, 15) is 9.59 Å². The minimum atomic E-state index is -0.169. The molecule has 1 aliphatic rings. The van der Waals surface area contributed by atoms with Gasteiger partial charge in [-0.1, -0.05) is 24.9 Å². The van der Waals surface area contributed by atoms with Crippen molar-refractivity contribution in [2.24, 2.45) is 0 Å². The van der Waals surface area contributed by atoms with E-state index in [0.29, 0.717) is 23.7 Å². The van der Waals surface area contributed by atoms with Crippen LogP contribution in [0.15, 0.2) is 48.5 Å². The maximum Gasteiger partial charge on any atom is 0.317 e. The summed E-state index contributed by atoms with van der Waals surface area (Å²) in [5.74, 6) is -0.169. The SMILES string of the molecule is CCCCNC(=O)N1CCN(c2ccc(NC(=O)c3ccc(Cl)cc3)cc2)CC1. The van der Waals surface area contributed by atoms with Gasteiger partial charge in [-0.3, -0.25) is 4.79 Å². The van der Waals surface area contributed by atoms with Gasteiger partial charge in [0.15, 0.2) is 0 Å². The van der Waals surface area contributed by atoms with Gasteiger partial charge in [-0.2, -0.15) is 0 Å². The first-order valence-electron chi connectivity index (χ1n) is 10.0. The Bertz CT molecular complexity index is 816. The molecule has 2 aromatic carbocycles. The third kappa shape index (κ3) is 5.87. The van der Waals surface area contributed by atoms with Gasteiger partial charge in [-0.25, -0.2) is 4.79 Å². The number of carbonyl (C=O) groups is 2. The number of hydrogen-bond donors (Lipinski definition) is 2. The molecular formula is C22H27ClN4O2. The Kier molecular flexibility index (Phi) is 7.36. The highest BCUT2D eigenvalue weighted by Crippen LogP contribution is 2.20. The molecule has 29 heavy (non-hydrogen) atoms. The fourth-order valence-corrected chi connectivity index (χ4v) is 3.34. The van der Waals surface area contributed by atoms with Gasteiger partial charge in [0.2, 0.25) is 0 Å². The highest BCUT2D eigenvalue weighted by Gasteiger charge is 2.21. The molecular weight excluding hydrogens is 388 g/mol. The minimum absolute atomic E-state index is 0.0263. The Hall–Kier alpha value is -2.73. The number of hydrogen-bond acceptors (Lipinski definition) is 3. The smallest absolute Gasteiger partial charge is 0.317 e. The van der Waals surface area contributed by atoms with Crippen LogP contribution in [0.3, 0.4) is 0 Å². The summed E-state index contributed by atoms with van der Waals surface area (Å²) in [6, 6.07) is 14.6. The van der Waals surface area contributed by atoms with Crippen LogP contribution in [0.5, 0.6) is 0 Å². The van der Waals surface area contributed by atoms with Crippen LogP contribution in [0.2, 0.25) is 5.02 Å². The summed E-state index contributed by atoms with van der Waals surface area (Å²) in [6.45, 7) is 5.83. The molecule has 3 amide bonds. The summed E-state index contributed by atoms with van der Waals surface area (Å²) in [6.07, 6.45) is 2.08. The number of amides is 3. The molecule has 1 heterocycles. The quantitative estimate of drug-likeness (QED) is 0.695. The summed E-state index contributed by atoms with van der Waals surface area (Å²) in [7, 11) is 0. The van der Waals surface area contributed by atoms with Gasteiger partial charge in [-0.05, 0) is 55.0 Å². The molecule has 3 rings (SSSR count). The second-order valence-electron chi connectivity index (χ2n) is 7.07. The average molecular weight is 415 g/mol. The third-order valence-electron chi connectivity index (χ3n) is 4.97. The highest BCUT2D eigenvalue weighted by atomic mass is 35.5. The van der Waals surface area contributed by atoms with Crippen molar-refractivity contribution in [2.45, 2.75) is 19.8 Å². The predicted molar refractivity (Wildman–Crippen MR) is 118 cm³/mol. The number of carbonyl (C=O) groups excluding carboxylic acids is 2. The Morgan fingerprint density at radius 2 is 1.62 bits per heavy atom. The molecule has 2 aromatic rings. The van der Waals surface area contributed by atoms with Crippen LogP contribution in [-0.4, -0.2) is 49.6 Å². The molecule has 0 aromatic heterocycles. The summed E-state index contributed by atoms with van der Waals surface area (Å²) >= 11 is 5.86. The maximum atomic E-state index is 12.3. The monoisotopic (exact) mass is 414 g/mol. The van der Waals surface area contributed by atoms with Crippen LogP contribution in [0.25, 0.3) is 0 Å². The van der Waals surface area contributed by atoms with Gasteiger partial charge in [0.25, 0.3) is 5.91 Å². The number of nitrogens with zero attached hydrogens (tertiary/aromatic N) is 2. The molecule has 0 atom stereocenters. The number of halogens is 1. The topological polar surface area (TPSA) is 64.7 Å². The second kappa shape index (κ2) is 10.2. The van der Waals surface area contributed by atoms with Crippen molar-refractivity contribution < 1.29 is 9.59 Å². The van der Waals surface area contributed by atoms with Gasteiger partial charge in [-0.15, -0.1) is 0 Å². The Labute approximate surface area is 176 Å². The molecule has 7 heteroatoms. The number of rotatable bonds is 6. The number of unbranched alkanes of at least 4 members (excludes halogenated alkanes) is 1. The van der Waals surface area contributed by atoms with E-state index in [0.717, 1.165) is 43.9 Å². The number of anilines is 2. The van der Waals surface area contributed by atoms with Crippen molar-refractivity contribution >= 4 is 34.9 Å². The van der Waals surface area contributed by atoms with Crippen LogP contribution in [0.1, 0.15) is 30.1 Å². The van der Waals surface area contributed by atoms with E-state index in [1.807, 2.05) is 29.2 Å². The highest BCUT2D eigenvalue weighted by molar-refractivity contribution is 6.30. The molecule has 6 nitrogen and oxygen atoms in total. The fourth-order valence-electron chi connectivity index (χ4n) is 3.21. The van der Waals surface area contributed by atoms with Crippen molar-refractivity contribution in [1.82, 2.24) is 10.2 Å². The zero-order chi connectivity index (χ0) is 20.6. The minimum Gasteiger partial charge on any atom is -0.368 e. The standard InChI is InChI=1S/C22H27ClN4O2/c1-2-3-12-24-22(29)27-15-13-26(14-16-27)20-10-8-19(9-11-20)25-21(28)17-4-6-18(23)7-5-17/h4-11H,2-3,12-16H2,1H3,(H,24,29)(H,25,28). The number of nitrogens with one attached hydrogen (secondary N) is 2. The largest absolute Gasteiger partial charge is 0.368 e. The van der Waals surface area contributed by atoms with E-state index >= 15 is 0 Å². The van der Waals surface area contributed by atoms with Crippen molar-refractivity contribution in [1.29, 1.82) is 0 Å². The first kappa shape index (κ1) is 21.0. The molecule has 0 bridgehead atoms.